The van der Waals surface area contributed by atoms with Crippen LogP contribution < -0.4 is 14.2 Å². The Balaban J connectivity index is 1.20. The third-order valence-electron chi connectivity index (χ3n) is 8.19. The van der Waals surface area contributed by atoms with Gasteiger partial charge in [0, 0.05) is 28.4 Å². The standard InChI is InChI=1S/C36H32ClN2O2/c1-3-38-30-20-16-24-10-5-7-14-28(24)35(30)40-32(38)22-18-26-12-9-13-27(34(26)37)19-23-33-39(4-2)31-21-17-25-11-6-8-15-29(25)36(31)41-33/h5-8,10-11,14-23H,3-4,9,12-13H2,1-2H3/q+1. The van der Waals surface area contributed by atoms with Crippen molar-refractivity contribution < 1.29 is 13.7 Å². The Labute approximate surface area is 245 Å². The van der Waals surface area contributed by atoms with Gasteiger partial charge in [-0.25, -0.2) is 0 Å². The average molecular weight is 560 g/mol. The van der Waals surface area contributed by atoms with Gasteiger partial charge in [0.05, 0.1) is 11.8 Å². The maximum absolute atomic E-state index is 7.01. The van der Waals surface area contributed by atoms with E-state index in [0.717, 1.165) is 93.6 Å². The number of nitrogens with zero attached hydrogens (tertiary/aromatic N) is 2. The molecule has 2 aliphatic rings. The number of rotatable bonds is 5. The normalized spacial score (nSPS) is 17.6. The number of oxazole rings is 1. The van der Waals surface area contributed by atoms with Crippen molar-refractivity contribution in [3.63, 3.8) is 0 Å². The topological polar surface area (TPSA) is 29.5 Å². The molecule has 0 spiro atoms. The monoisotopic (exact) mass is 559 g/mol. The number of benzene rings is 4. The van der Waals surface area contributed by atoms with Gasteiger partial charge in [0.25, 0.3) is 5.52 Å². The van der Waals surface area contributed by atoms with Gasteiger partial charge in [-0.05, 0) is 79.3 Å². The SMILES string of the molecule is CCN1/C(=C/C=C2/CCCC(/C=C/c3oc4c5ccccc5ccc4[n+]3CC)=C2Cl)Oc2c1ccc1ccccc21. The van der Waals surface area contributed by atoms with Crippen LogP contribution in [0.25, 0.3) is 38.7 Å². The van der Waals surface area contributed by atoms with Crippen LogP contribution in [0.4, 0.5) is 5.69 Å². The molecule has 0 fully saturated rings. The number of halogens is 1. The van der Waals surface area contributed by atoms with Crippen molar-refractivity contribution >= 4 is 56.0 Å². The quantitative estimate of drug-likeness (QED) is 0.201. The van der Waals surface area contributed by atoms with Crippen LogP contribution in [0.2, 0.25) is 0 Å². The fraction of sp³-hybridized carbons (Fsp3) is 0.194. The molecule has 0 radical (unpaired) electrons. The maximum Gasteiger partial charge on any atom is 0.374 e. The zero-order valence-electron chi connectivity index (χ0n) is 23.4. The van der Waals surface area contributed by atoms with E-state index in [-0.39, 0.29) is 0 Å². The molecule has 7 rings (SSSR count). The lowest BCUT2D eigenvalue weighted by Gasteiger charge is -2.17. The van der Waals surface area contributed by atoms with E-state index in [0.29, 0.717) is 0 Å². The van der Waals surface area contributed by atoms with Crippen LogP contribution in [0.15, 0.2) is 118 Å². The Bertz CT molecular complexity index is 1940. The fourth-order valence-electron chi connectivity index (χ4n) is 6.11. The number of aryl methyl sites for hydroxylation is 1. The van der Waals surface area contributed by atoms with Crippen molar-refractivity contribution in [3.05, 3.63) is 119 Å². The molecule has 41 heavy (non-hydrogen) atoms. The van der Waals surface area contributed by atoms with E-state index >= 15 is 0 Å². The molecule has 0 bridgehead atoms. The molecule has 5 heteroatoms. The van der Waals surface area contributed by atoms with E-state index in [4.69, 9.17) is 20.8 Å². The maximum atomic E-state index is 7.01. The van der Waals surface area contributed by atoms with Gasteiger partial charge in [-0.15, -0.1) is 0 Å². The summed E-state index contributed by atoms with van der Waals surface area (Å²) in [5.41, 5.74) is 5.39. The second-order valence-electron chi connectivity index (χ2n) is 10.5. The molecule has 0 saturated heterocycles. The lowest BCUT2D eigenvalue weighted by Crippen LogP contribution is -2.33. The lowest BCUT2D eigenvalue weighted by atomic mass is 9.94. The van der Waals surface area contributed by atoms with Crippen LogP contribution in [0, 0.1) is 0 Å². The highest BCUT2D eigenvalue weighted by molar-refractivity contribution is 6.32. The Kier molecular flexibility index (Phi) is 6.64. The first-order valence-corrected chi connectivity index (χ1v) is 14.8. The van der Waals surface area contributed by atoms with Crippen LogP contribution >= 0.6 is 11.6 Å². The molecule has 2 heterocycles. The van der Waals surface area contributed by atoms with Crippen LogP contribution in [0.5, 0.6) is 5.75 Å². The van der Waals surface area contributed by atoms with Crippen molar-refractivity contribution in [2.75, 3.05) is 11.4 Å². The Morgan fingerprint density at radius 3 is 2.41 bits per heavy atom. The summed E-state index contributed by atoms with van der Waals surface area (Å²) in [6.07, 6.45) is 11.3. The van der Waals surface area contributed by atoms with Crippen LogP contribution in [-0.4, -0.2) is 6.54 Å². The molecule has 4 aromatic carbocycles. The summed E-state index contributed by atoms with van der Waals surface area (Å²) in [4.78, 5) is 2.22. The van der Waals surface area contributed by atoms with E-state index in [2.05, 4.69) is 120 Å². The summed E-state index contributed by atoms with van der Waals surface area (Å²) in [6.45, 7) is 5.94. The summed E-state index contributed by atoms with van der Waals surface area (Å²) in [6, 6.07) is 25.3. The summed E-state index contributed by atoms with van der Waals surface area (Å²) >= 11 is 7.01. The smallest absolute Gasteiger partial charge is 0.374 e. The molecule has 0 unspecified atom stereocenters. The summed E-state index contributed by atoms with van der Waals surface area (Å²) < 4.78 is 15.1. The first-order valence-electron chi connectivity index (χ1n) is 14.5. The van der Waals surface area contributed by atoms with Gasteiger partial charge < -0.3 is 14.1 Å². The predicted octanol–water partition coefficient (Wildman–Crippen LogP) is 9.42. The summed E-state index contributed by atoms with van der Waals surface area (Å²) in [7, 11) is 0. The summed E-state index contributed by atoms with van der Waals surface area (Å²) in [5, 5.41) is 5.44. The average Bonchev–Trinajstić information content (AvgIpc) is 3.57. The minimum absolute atomic E-state index is 0.818. The second kappa shape index (κ2) is 10.6. The molecule has 0 atom stereocenters. The summed E-state index contributed by atoms with van der Waals surface area (Å²) in [5.74, 6) is 2.58. The zero-order valence-corrected chi connectivity index (χ0v) is 24.1. The van der Waals surface area contributed by atoms with E-state index < -0.39 is 0 Å². The van der Waals surface area contributed by atoms with Crippen molar-refractivity contribution in [3.8, 4) is 5.75 Å². The number of fused-ring (bicyclic) bond motifs is 6. The second-order valence-corrected chi connectivity index (χ2v) is 10.9. The molecule has 5 aromatic rings. The van der Waals surface area contributed by atoms with Crippen molar-refractivity contribution in [2.24, 2.45) is 0 Å². The van der Waals surface area contributed by atoms with Crippen LogP contribution in [0.3, 0.4) is 0 Å². The van der Waals surface area contributed by atoms with Gasteiger partial charge in [0.1, 0.15) is 6.54 Å². The van der Waals surface area contributed by atoms with E-state index in [1.807, 2.05) is 0 Å². The lowest BCUT2D eigenvalue weighted by molar-refractivity contribution is -0.674. The predicted molar refractivity (Wildman–Crippen MR) is 169 cm³/mol. The minimum atomic E-state index is 0.818. The van der Waals surface area contributed by atoms with Crippen LogP contribution in [-0.2, 0) is 6.54 Å². The number of anilines is 1. The number of hydrogen-bond donors (Lipinski definition) is 0. The van der Waals surface area contributed by atoms with Crippen molar-refractivity contribution in [1.29, 1.82) is 0 Å². The number of hydrogen-bond acceptors (Lipinski definition) is 3. The third kappa shape index (κ3) is 4.43. The largest absolute Gasteiger partial charge is 0.438 e. The highest BCUT2D eigenvalue weighted by atomic mass is 35.5. The van der Waals surface area contributed by atoms with Gasteiger partial charge in [0.2, 0.25) is 11.5 Å². The molecule has 1 aliphatic heterocycles. The molecule has 1 aromatic heterocycles. The molecule has 4 nitrogen and oxygen atoms in total. The van der Waals surface area contributed by atoms with E-state index in [1.165, 1.54) is 10.8 Å². The Morgan fingerprint density at radius 1 is 0.854 bits per heavy atom. The molecular formula is C36H32ClN2O2+. The van der Waals surface area contributed by atoms with Gasteiger partial charge >= 0.3 is 5.89 Å². The van der Waals surface area contributed by atoms with Crippen molar-refractivity contribution in [1.82, 2.24) is 0 Å². The molecule has 1 aliphatic carbocycles. The number of aromatic nitrogens is 1. The molecule has 0 N–H and O–H groups in total. The first-order chi connectivity index (χ1) is 20.2. The number of allylic oxidation sites excluding steroid dienone is 6. The van der Waals surface area contributed by atoms with Crippen molar-refractivity contribution in [2.45, 2.75) is 39.7 Å². The van der Waals surface area contributed by atoms with E-state index in [9.17, 15) is 0 Å². The first kappa shape index (κ1) is 25.7. The molecular weight excluding hydrogens is 528 g/mol. The van der Waals surface area contributed by atoms with Gasteiger partial charge in [-0.2, -0.15) is 4.57 Å². The molecule has 0 saturated carbocycles. The Hall–Kier alpha value is -4.28. The van der Waals surface area contributed by atoms with Crippen LogP contribution in [0.1, 0.15) is 39.0 Å². The fourth-order valence-corrected chi connectivity index (χ4v) is 6.43. The van der Waals surface area contributed by atoms with Gasteiger partial charge in [0.15, 0.2) is 5.75 Å². The number of ether oxygens (including phenoxy) is 1. The molecule has 0 amide bonds. The van der Waals surface area contributed by atoms with Gasteiger partial charge in [-0.3, -0.25) is 0 Å². The Morgan fingerprint density at radius 2 is 1.61 bits per heavy atom. The highest BCUT2D eigenvalue weighted by Gasteiger charge is 2.27. The zero-order chi connectivity index (χ0) is 27.9. The molecule has 204 valence electrons. The highest BCUT2D eigenvalue weighted by Crippen LogP contribution is 2.44. The van der Waals surface area contributed by atoms with Gasteiger partial charge in [-0.1, -0.05) is 72.3 Å². The third-order valence-corrected chi connectivity index (χ3v) is 8.67. The minimum Gasteiger partial charge on any atom is -0.438 e. The van der Waals surface area contributed by atoms with E-state index in [1.54, 1.807) is 0 Å².